The SMILES string of the molecule is CCC(CC)NC(=O)NC(=O)c1cc(-c2cccc(-c3ncc(C(=O)NC(C)(C)CCc4ccccc4)o3)c2)[nH]n1. The van der Waals surface area contributed by atoms with Gasteiger partial charge in [-0.25, -0.2) is 9.78 Å². The zero-order chi connectivity index (χ0) is 29.4. The first-order valence-electron chi connectivity index (χ1n) is 13.8. The van der Waals surface area contributed by atoms with E-state index >= 15 is 0 Å². The van der Waals surface area contributed by atoms with Crippen LogP contribution in [0.15, 0.2) is 71.3 Å². The molecule has 2 heterocycles. The van der Waals surface area contributed by atoms with E-state index in [1.54, 1.807) is 6.07 Å². The van der Waals surface area contributed by atoms with Crippen LogP contribution in [0.3, 0.4) is 0 Å². The highest BCUT2D eigenvalue weighted by molar-refractivity contribution is 6.03. The highest BCUT2D eigenvalue weighted by Crippen LogP contribution is 2.26. The summed E-state index contributed by atoms with van der Waals surface area (Å²) in [5.74, 6) is -0.544. The molecule has 0 fully saturated rings. The topological polar surface area (TPSA) is 142 Å². The maximum atomic E-state index is 12.9. The Labute approximate surface area is 239 Å². The van der Waals surface area contributed by atoms with Gasteiger partial charge in [0.25, 0.3) is 11.8 Å². The third kappa shape index (κ3) is 7.91. The molecular formula is C31H36N6O4. The van der Waals surface area contributed by atoms with Gasteiger partial charge in [-0.2, -0.15) is 5.10 Å². The van der Waals surface area contributed by atoms with Gasteiger partial charge in [-0.3, -0.25) is 20.0 Å². The minimum Gasteiger partial charge on any atom is -0.431 e. The molecule has 0 radical (unpaired) electrons. The number of aromatic amines is 1. The van der Waals surface area contributed by atoms with Gasteiger partial charge in [-0.05, 0) is 63.3 Å². The van der Waals surface area contributed by atoms with Gasteiger partial charge >= 0.3 is 6.03 Å². The molecule has 214 valence electrons. The van der Waals surface area contributed by atoms with Crippen molar-refractivity contribution in [3.05, 3.63) is 83.9 Å². The van der Waals surface area contributed by atoms with Crippen molar-refractivity contribution in [2.45, 2.75) is 65.0 Å². The monoisotopic (exact) mass is 556 g/mol. The Morgan fingerprint density at radius 3 is 2.41 bits per heavy atom. The number of amides is 4. The van der Waals surface area contributed by atoms with Crippen LogP contribution in [0.4, 0.5) is 4.79 Å². The van der Waals surface area contributed by atoms with E-state index in [1.807, 2.05) is 70.2 Å². The molecule has 10 nitrogen and oxygen atoms in total. The number of rotatable bonds is 11. The summed E-state index contributed by atoms with van der Waals surface area (Å²) in [4.78, 5) is 41.9. The Morgan fingerprint density at radius 1 is 0.951 bits per heavy atom. The lowest BCUT2D eigenvalue weighted by Crippen LogP contribution is -2.44. The maximum Gasteiger partial charge on any atom is 0.321 e. The standard InChI is InChI=1S/C31H36N6O4/c1-5-23(6-2)33-30(40)34-27(38)25-18-24(36-37-25)21-13-10-14-22(17-21)29-32-19-26(41-29)28(39)35-31(3,4)16-15-20-11-8-7-9-12-20/h7-14,17-19,23H,5-6,15-16H2,1-4H3,(H,35,39)(H,36,37)(H2,33,34,38,40). The van der Waals surface area contributed by atoms with Gasteiger partial charge in [0, 0.05) is 22.7 Å². The summed E-state index contributed by atoms with van der Waals surface area (Å²) in [5.41, 5.74) is 2.79. The van der Waals surface area contributed by atoms with Crippen molar-refractivity contribution < 1.29 is 18.8 Å². The van der Waals surface area contributed by atoms with Crippen molar-refractivity contribution in [1.29, 1.82) is 0 Å². The number of hydrogen-bond acceptors (Lipinski definition) is 6. The normalized spacial score (nSPS) is 11.3. The Hall–Kier alpha value is -4.73. The van der Waals surface area contributed by atoms with Gasteiger partial charge < -0.3 is 15.1 Å². The number of H-pyrrole nitrogens is 1. The first-order valence-corrected chi connectivity index (χ1v) is 13.8. The van der Waals surface area contributed by atoms with Crippen LogP contribution in [-0.4, -0.2) is 44.6 Å². The van der Waals surface area contributed by atoms with Crippen LogP contribution in [-0.2, 0) is 6.42 Å². The number of nitrogens with zero attached hydrogens (tertiary/aromatic N) is 2. The molecule has 0 atom stereocenters. The molecule has 0 aliphatic carbocycles. The van der Waals surface area contributed by atoms with E-state index in [0.717, 1.165) is 31.2 Å². The zero-order valence-electron chi connectivity index (χ0n) is 23.8. The van der Waals surface area contributed by atoms with Crippen LogP contribution >= 0.6 is 0 Å². The number of imide groups is 1. The second-order valence-corrected chi connectivity index (χ2v) is 10.5. The molecule has 4 rings (SSSR count). The summed E-state index contributed by atoms with van der Waals surface area (Å²) in [6.45, 7) is 7.89. The molecule has 41 heavy (non-hydrogen) atoms. The largest absolute Gasteiger partial charge is 0.431 e. The second-order valence-electron chi connectivity index (χ2n) is 10.5. The number of aromatic nitrogens is 3. The summed E-state index contributed by atoms with van der Waals surface area (Å²) in [6.07, 6.45) is 4.55. The molecule has 2 aromatic heterocycles. The highest BCUT2D eigenvalue weighted by Gasteiger charge is 2.24. The van der Waals surface area contributed by atoms with Crippen LogP contribution < -0.4 is 16.0 Å². The molecule has 0 saturated heterocycles. The Morgan fingerprint density at radius 2 is 1.68 bits per heavy atom. The number of carbonyl (C=O) groups excluding carboxylic acids is 3. The van der Waals surface area contributed by atoms with Crippen LogP contribution in [0, 0.1) is 0 Å². The van der Waals surface area contributed by atoms with Crippen molar-refractivity contribution >= 4 is 17.8 Å². The number of carbonyl (C=O) groups is 3. The molecule has 4 amide bonds. The summed E-state index contributed by atoms with van der Waals surface area (Å²) in [5, 5.41) is 15.0. The van der Waals surface area contributed by atoms with Gasteiger partial charge in [0.2, 0.25) is 11.7 Å². The van der Waals surface area contributed by atoms with Crippen LogP contribution in [0.1, 0.15) is 73.6 Å². The van der Waals surface area contributed by atoms with Crippen LogP contribution in [0.2, 0.25) is 0 Å². The third-order valence-electron chi connectivity index (χ3n) is 6.84. The minimum absolute atomic E-state index is 0.00628. The number of aryl methyl sites for hydroxylation is 1. The van der Waals surface area contributed by atoms with Crippen molar-refractivity contribution in [2.75, 3.05) is 0 Å². The molecule has 2 aromatic carbocycles. The molecule has 4 N–H and O–H groups in total. The number of urea groups is 1. The predicted molar refractivity (Wildman–Crippen MR) is 156 cm³/mol. The molecule has 0 aliphatic rings. The van der Waals surface area contributed by atoms with E-state index in [0.29, 0.717) is 11.3 Å². The highest BCUT2D eigenvalue weighted by atomic mass is 16.4. The Balaban J connectivity index is 1.39. The summed E-state index contributed by atoms with van der Waals surface area (Å²) in [7, 11) is 0. The van der Waals surface area contributed by atoms with Crippen molar-refractivity contribution in [3.8, 4) is 22.7 Å². The molecule has 10 heteroatoms. The molecule has 0 saturated carbocycles. The van der Waals surface area contributed by atoms with Gasteiger partial charge in [0.05, 0.1) is 11.9 Å². The molecule has 0 spiro atoms. The lowest BCUT2D eigenvalue weighted by Gasteiger charge is -2.25. The molecule has 0 aliphatic heterocycles. The summed E-state index contributed by atoms with van der Waals surface area (Å²) in [6, 6.07) is 18.4. The molecular weight excluding hydrogens is 520 g/mol. The number of nitrogens with one attached hydrogen (secondary N) is 4. The maximum absolute atomic E-state index is 12.9. The Kier molecular flexibility index (Phi) is 9.34. The van der Waals surface area contributed by atoms with Crippen LogP contribution in [0.25, 0.3) is 22.7 Å². The molecule has 4 aromatic rings. The number of hydrogen-bond donors (Lipinski definition) is 4. The van der Waals surface area contributed by atoms with Crippen molar-refractivity contribution in [3.63, 3.8) is 0 Å². The number of oxazole rings is 1. The first-order chi connectivity index (χ1) is 19.7. The fraction of sp³-hybridized carbons (Fsp3) is 0.323. The molecule has 0 bridgehead atoms. The summed E-state index contributed by atoms with van der Waals surface area (Å²) < 4.78 is 5.81. The fourth-order valence-corrected chi connectivity index (χ4v) is 4.33. The zero-order valence-corrected chi connectivity index (χ0v) is 23.8. The van der Waals surface area contributed by atoms with Gasteiger partial charge in [-0.15, -0.1) is 0 Å². The van der Waals surface area contributed by atoms with Crippen LogP contribution in [0.5, 0.6) is 0 Å². The van der Waals surface area contributed by atoms with E-state index in [-0.39, 0.29) is 29.3 Å². The first kappa shape index (κ1) is 29.3. The second kappa shape index (κ2) is 13.1. The fourth-order valence-electron chi connectivity index (χ4n) is 4.33. The van der Waals surface area contributed by atoms with Gasteiger partial charge in [0.1, 0.15) is 0 Å². The minimum atomic E-state index is -0.609. The quantitative estimate of drug-likeness (QED) is 0.192. The van der Waals surface area contributed by atoms with Gasteiger partial charge in [0.15, 0.2) is 5.69 Å². The van der Waals surface area contributed by atoms with Crippen molar-refractivity contribution in [1.82, 2.24) is 31.1 Å². The lowest BCUT2D eigenvalue weighted by molar-refractivity contribution is 0.0880. The number of benzene rings is 2. The average molecular weight is 557 g/mol. The smallest absolute Gasteiger partial charge is 0.321 e. The van der Waals surface area contributed by atoms with Crippen molar-refractivity contribution in [2.24, 2.45) is 0 Å². The van der Waals surface area contributed by atoms with E-state index < -0.39 is 17.5 Å². The average Bonchev–Trinajstić information content (AvgIpc) is 3.66. The third-order valence-corrected chi connectivity index (χ3v) is 6.84. The van der Waals surface area contributed by atoms with E-state index in [9.17, 15) is 14.4 Å². The lowest BCUT2D eigenvalue weighted by atomic mass is 9.95. The molecule has 0 unspecified atom stereocenters. The predicted octanol–water partition coefficient (Wildman–Crippen LogP) is 5.50. The van der Waals surface area contributed by atoms with E-state index in [1.165, 1.54) is 11.8 Å². The van der Waals surface area contributed by atoms with E-state index in [2.05, 4.69) is 43.3 Å². The van der Waals surface area contributed by atoms with Gasteiger partial charge in [-0.1, -0.05) is 56.3 Å². The summed E-state index contributed by atoms with van der Waals surface area (Å²) >= 11 is 0. The van der Waals surface area contributed by atoms with E-state index in [4.69, 9.17) is 4.42 Å². The Bertz CT molecular complexity index is 1490.